The molecule has 1 aromatic heterocycles. The van der Waals surface area contributed by atoms with Gasteiger partial charge in [-0.15, -0.1) is 0 Å². The molecule has 66 valence electrons. The van der Waals surface area contributed by atoms with E-state index >= 15 is 0 Å². The van der Waals surface area contributed by atoms with E-state index in [2.05, 4.69) is 21.0 Å². The first-order valence-electron chi connectivity index (χ1n) is 3.23. The Balaban J connectivity index is 3.08. The van der Waals surface area contributed by atoms with Crippen LogP contribution >= 0.6 is 15.9 Å². The second-order valence-electron chi connectivity index (χ2n) is 2.24. The first-order chi connectivity index (χ1) is 5.65. The number of hydrogen-bond donors (Lipinski definition) is 0. The fourth-order valence-electron chi connectivity index (χ4n) is 0.890. The minimum atomic E-state index is -2.52. The van der Waals surface area contributed by atoms with E-state index in [9.17, 15) is 8.78 Å². The van der Waals surface area contributed by atoms with E-state index in [-0.39, 0.29) is 5.69 Å². The summed E-state index contributed by atoms with van der Waals surface area (Å²) < 4.78 is 25.8. The normalized spacial score (nSPS) is 11.8. The van der Waals surface area contributed by atoms with E-state index < -0.39 is 6.43 Å². The lowest BCUT2D eigenvalue weighted by atomic mass is 10.2. The van der Waals surface area contributed by atoms with Crippen molar-refractivity contribution in [3.05, 3.63) is 22.4 Å². The summed E-state index contributed by atoms with van der Waals surface area (Å²) in [6.07, 6.45) is 0.554. The number of hydrogen-bond acceptors (Lipinski definition) is 1. The summed E-state index contributed by atoms with van der Waals surface area (Å²) in [6.45, 7) is 0. The summed E-state index contributed by atoms with van der Waals surface area (Å²) in [4.78, 5) is 1.52. The monoisotopic (exact) mass is 236 g/mol. The lowest BCUT2D eigenvalue weighted by Gasteiger charge is -1.93. The smallest absolute Gasteiger partial charge is 0.275 e. The van der Waals surface area contributed by atoms with Crippen LogP contribution in [0.25, 0.3) is 6.08 Å². The molecule has 0 aliphatic carbocycles. The minimum absolute atomic E-state index is 0.187. The van der Waals surface area contributed by atoms with Crippen LogP contribution in [0.2, 0.25) is 0 Å². The lowest BCUT2D eigenvalue weighted by Crippen LogP contribution is -1.91. The molecule has 0 spiro atoms. The topological polar surface area (TPSA) is 17.8 Å². The molecule has 0 N–H and O–H groups in total. The molecule has 0 unspecified atom stereocenters. The first-order valence-corrected chi connectivity index (χ1v) is 4.15. The zero-order chi connectivity index (χ0) is 9.14. The van der Waals surface area contributed by atoms with Crippen LogP contribution in [0.1, 0.15) is 17.7 Å². The molecule has 1 aromatic rings. The van der Waals surface area contributed by atoms with Crippen LogP contribution in [0.3, 0.4) is 0 Å². The zero-order valence-electron chi connectivity index (χ0n) is 6.34. The van der Waals surface area contributed by atoms with E-state index in [1.807, 2.05) is 0 Å². The molecule has 0 fully saturated rings. The van der Waals surface area contributed by atoms with Crippen LogP contribution in [0.4, 0.5) is 8.78 Å². The molecule has 0 aliphatic rings. The van der Waals surface area contributed by atoms with Gasteiger partial charge in [0.25, 0.3) is 6.43 Å². The van der Waals surface area contributed by atoms with Crippen molar-refractivity contribution in [2.45, 2.75) is 6.43 Å². The number of aryl methyl sites for hydroxylation is 1. The Kier molecular flexibility index (Phi) is 2.97. The van der Waals surface area contributed by atoms with Crippen LogP contribution in [0, 0.1) is 0 Å². The lowest BCUT2D eigenvalue weighted by molar-refractivity contribution is 0.145. The molecule has 0 saturated heterocycles. The van der Waals surface area contributed by atoms with E-state index in [1.54, 1.807) is 13.2 Å². The Bertz CT molecular complexity index is 294. The average Bonchev–Trinajstić information content (AvgIpc) is 2.32. The average molecular weight is 237 g/mol. The highest BCUT2D eigenvalue weighted by atomic mass is 79.9. The number of rotatable bonds is 2. The van der Waals surface area contributed by atoms with Crippen molar-refractivity contribution in [2.75, 3.05) is 0 Å². The molecule has 0 saturated carbocycles. The molecule has 0 bridgehead atoms. The van der Waals surface area contributed by atoms with E-state index in [0.717, 1.165) is 0 Å². The van der Waals surface area contributed by atoms with Gasteiger partial charge in [0.1, 0.15) is 5.69 Å². The van der Waals surface area contributed by atoms with Crippen molar-refractivity contribution in [1.29, 1.82) is 0 Å². The summed E-state index contributed by atoms with van der Waals surface area (Å²) in [5.74, 6) is 0. The third-order valence-corrected chi connectivity index (χ3v) is 1.60. The Morgan fingerprint density at radius 3 is 2.83 bits per heavy atom. The number of alkyl halides is 2. The van der Waals surface area contributed by atoms with E-state index in [1.165, 1.54) is 15.7 Å². The second kappa shape index (κ2) is 3.80. The Morgan fingerprint density at radius 2 is 2.33 bits per heavy atom. The van der Waals surface area contributed by atoms with E-state index in [0.29, 0.717) is 5.56 Å². The van der Waals surface area contributed by atoms with Gasteiger partial charge in [-0.05, 0) is 11.1 Å². The van der Waals surface area contributed by atoms with Gasteiger partial charge in [0.05, 0.1) is 0 Å². The van der Waals surface area contributed by atoms with Crippen molar-refractivity contribution >= 4 is 22.0 Å². The highest BCUT2D eigenvalue weighted by Gasteiger charge is 2.14. The largest absolute Gasteiger partial charge is 0.282 e. The predicted molar refractivity (Wildman–Crippen MR) is 46.1 cm³/mol. The third-order valence-electron chi connectivity index (χ3n) is 1.34. The second-order valence-corrected chi connectivity index (χ2v) is 2.77. The number of aromatic nitrogens is 2. The highest BCUT2D eigenvalue weighted by molar-refractivity contribution is 9.11. The van der Waals surface area contributed by atoms with Crippen molar-refractivity contribution in [3.8, 4) is 0 Å². The van der Waals surface area contributed by atoms with Crippen LogP contribution in [0.15, 0.2) is 11.2 Å². The van der Waals surface area contributed by atoms with Gasteiger partial charge in [-0.1, -0.05) is 15.9 Å². The molecule has 0 radical (unpaired) electrons. The zero-order valence-corrected chi connectivity index (χ0v) is 7.92. The van der Waals surface area contributed by atoms with Crippen molar-refractivity contribution in [2.24, 2.45) is 7.05 Å². The molecule has 2 nitrogen and oxygen atoms in total. The van der Waals surface area contributed by atoms with Gasteiger partial charge < -0.3 is 0 Å². The van der Waals surface area contributed by atoms with Gasteiger partial charge in [-0.2, -0.15) is 5.10 Å². The number of halogens is 3. The Hall–Kier alpha value is -0.710. The molecule has 0 amide bonds. The third kappa shape index (κ3) is 1.91. The SMILES string of the molecule is Cn1cc(/C=C/Br)c(C(F)F)n1. The van der Waals surface area contributed by atoms with Gasteiger partial charge in [0, 0.05) is 18.8 Å². The first kappa shape index (κ1) is 9.38. The Labute approximate surface area is 77.0 Å². The van der Waals surface area contributed by atoms with Gasteiger partial charge in [-0.25, -0.2) is 8.78 Å². The molecular weight excluding hydrogens is 230 g/mol. The van der Waals surface area contributed by atoms with Gasteiger partial charge in [-0.3, -0.25) is 4.68 Å². The molecular formula is C7H7BrF2N2. The summed E-state index contributed by atoms with van der Waals surface area (Å²) in [6, 6.07) is 0. The van der Waals surface area contributed by atoms with Crippen molar-refractivity contribution in [3.63, 3.8) is 0 Å². The fourth-order valence-corrected chi connectivity index (χ4v) is 1.17. The molecule has 1 rings (SSSR count). The van der Waals surface area contributed by atoms with Crippen LogP contribution in [-0.2, 0) is 7.05 Å². The number of nitrogens with zero attached hydrogens (tertiary/aromatic N) is 2. The quantitative estimate of drug-likeness (QED) is 0.773. The highest BCUT2D eigenvalue weighted by Crippen LogP contribution is 2.21. The predicted octanol–water partition coefficient (Wildman–Crippen LogP) is 2.72. The van der Waals surface area contributed by atoms with Gasteiger partial charge in [0.15, 0.2) is 0 Å². The van der Waals surface area contributed by atoms with Gasteiger partial charge in [0.2, 0.25) is 0 Å². The maximum absolute atomic E-state index is 12.2. The standard InChI is InChI=1S/C7H7BrF2N2/c1-12-4-5(2-3-8)6(11-12)7(9)10/h2-4,7H,1H3/b3-2+. The summed E-state index contributed by atoms with van der Waals surface area (Å²) >= 11 is 3.02. The molecule has 12 heavy (non-hydrogen) atoms. The summed E-state index contributed by atoms with van der Waals surface area (Å²) in [5, 5.41) is 3.62. The molecule has 0 aromatic carbocycles. The minimum Gasteiger partial charge on any atom is -0.275 e. The van der Waals surface area contributed by atoms with Crippen LogP contribution in [-0.4, -0.2) is 9.78 Å². The Morgan fingerprint density at radius 1 is 1.67 bits per heavy atom. The fraction of sp³-hybridized carbons (Fsp3) is 0.286. The summed E-state index contributed by atoms with van der Waals surface area (Å²) in [7, 11) is 1.61. The molecule has 5 heteroatoms. The van der Waals surface area contributed by atoms with Gasteiger partial charge >= 0.3 is 0 Å². The summed E-state index contributed by atoms with van der Waals surface area (Å²) in [5.41, 5.74) is 0.248. The van der Waals surface area contributed by atoms with Crippen LogP contribution in [0.5, 0.6) is 0 Å². The molecule has 1 heterocycles. The molecule has 0 atom stereocenters. The van der Waals surface area contributed by atoms with E-state index in [4.69, 9.17) is 0 Å². The van der Waals surface area contributed by atoms with Crippen molar-refractivity contribution < 1.29 is 8.78 Å². The van der Waals surface area contributed by atoms with Crippen molar-refractivity contribution in [1.82, 2.24) is 9.78 Å². The maximum Gasteiger partial charge on any atom is 0.282 e. The van der Waals surface area contributed by atoms with Crippen LogP contribution < -0.4 is 0 Å². The molecule has 0 aliphatic heterocycles. The maximum atomic E-state index is 12.2.